The molecule has 0 heterocycles. The summed E-state index contributed by atoms with van der Waals surface area (Å²) in [6, 6.07) is 18.3. The van der Waals surface area contributed by atoms with Crippen molar-refractivity contribution in [3.8, 4) is 11.5 Å². The quantitative estimate of drug-likeness (QED) is 0.247. The zero-order valence-corrected chi connectivity index (χ0v) is 20.5. The molecule has 0 aliphatic carbocycles. The maximum Gasteiger partial charge on any atom is 0.272 e. The minimum atomic E-state index is -0.391. The zero-order chi connectivity index (χ0) is 22.2. The molecular weight excluding hydrogens is 548 g/mol. The summed E-state index contributed by atoms with van der Waals surface area (Å²) in [5.41, 5.74) is 4.59. The van der Waals surface area contributed by atoms with Crippen molar-refractivity contribution in [3.05, 3.63) is 91.3 Å². The van der Waals surface area contributed by atoms with Gasteiger partial charge in [0.25, 0.3) is 5.91 Å². The average Bonchev–Trinajstić information content (AvgIpc) is 2.76. The van der Waals surface area contributed by atoms with E-state index in [1.807, 2.05) is 37.3 Å². The average molecular weight is 567 g/mol. The van der Waals surface area contributed by atoms with E-state index in [-0.39, 0.29) is 0 Å². The molecule has 0 radical (unpaired) electrons. The van der Waals surface area contributed by atoms with E-state index in [4.69, 9.17) is 21.1 Å². The van der Waals surface area contributed by atoms with Crippen LogP contribution in [0.1, 0.15) is 28.4 Å². The Bertz CT molecular complexity index is 1090. The molecule has 0 saturated heterocycles. The van der Waals surface area contributed by atoms with Crippen LogP contribution in [0, 0.1) is 0 Å². The van der Waals surface area contributed by atoms with Crippen LogP contribution in [0.15, 0.2) is 74.7 Å². The first-order valence-electron chi connectivity index (χ1n) is 9.39. The van der Waals surface area contributed by atoms with E-state index in [2.05, 4.69) is 42.4 Å². The molecule has 0 aromatic heterocycles. The summed E-state index contributed by atoms with van der Waals surface area (Å²) >= 11 is 13.0. The summed E-state index contributed by atoms with van der Waals surface area (Å²) in [6.07, 6.45) is 1.53. The Morgan fingerprint density at radius 3 is 2.48 bits per heavy atom. The topological polar surface area (TPSA) is 59.9 Å². The van der Waals surface area contributed by atoms with Crippen molar-refractivity contribution in [2.75, 3.05) is 6.61 Å². The van der Waals surface area contributed by atoms with Gasteiger partial charge in [-0.15, -0.1) is 0 Å². The molecule has 0 aliphatic heterocycles. The van der Waals surface area contributed by atoms with E-state index >= 15 is 0 Å². The first-order valence-corrected chi connectivity index (χ1v) is 11.4. The second kappa shape index (κ2) is 11.3. The molecular formula is C23H19Br2ClN2O3. The van der Waals surface area contributed by atoms with Crippen LogP contribution < -0.4 is 14.9 Å². The van der Waals surface area contributed by atoms with E-state index in [0.29, 0.717) is 35.3 Å². The van der Waals surface area contributed by atoms with Gasteiger partial charge in [-0.3, -0.25) is 4.79 Å². The maximum absolute atomic E-state index is 12.2. The molecule has 1 N–H and O–H groups in total. The lowest BCUT2D eigenvalue weighted by Gasteiger charge is -2.14. The number of carbonyl (C=O) groups is 1. The molecule has 0 saturated carbocycles. The standard InChI is InChI=1S/C23H19Br2ClN2O3/c1-2-30-21-11-16(13-27-28-23(29)18-5-3-4-6-20(18)26)19(25)12-22(21)31-14-15-7-9-17(24)10-8-15/h3-13H,2,14H2,1H3,(H,28,29)/b27-13-. The first-order chi connectivity index (χ1) is 15.0. The van der Waals surface area contributed by atoms with Crippen molar-refractivity contribution in [2.45, 2.75) is 13.5 Å². The SMILES string of the molecule is CCOc1cc(/C=N\NC(=O)c2ccccc2Cl)c(Br)cc1OCc1ccc(Br)cc1. The monoisotopic (exact) mass is 564 g/mol. The molecule has 0 aliphatic rings. The first kappa shape index (κ1) is 23.3. The number of ether oxygens (including phenoxy) is 2. The highest BCUT2D eigenvalue weighted by Gasteiger charge is 2.12. The van der Waals surface area contributed by atoms with Crippen molar-refractivity contribution >= 4 is 55.6 Å². The number of nitrogens with one attached hydrogen (secondary N) is 1. The number of benzene rings is 3. The minimum absolute atomic E-state index is 0.354. The van der Waals surface area contributed by atoms with Gasteiger partial charge >= 0.3 is 0 Å². The fraction of sp³-hybridized carbons (Fsp3) is 0.130. The van der Waals surface area contributed by atoms with Gasteiger partial charge in [-0.05, 0) is 64.8 Å². The third kappa shape index (κ3) is 6.56. The van der Waals surface area contributed by atoms with Crippen LogP contribution in [0.4, 0.5) is 0 Å². The molecule has 8 heteroatoms. The number of halogens is 3. The molecule has 0 bridgehead atoms. The number of nitrogens with zero attached hydrogens (tertiary/aromatic N) is 1. The Hall–Kier alpha value is -2.35. The van der Waals surface area contributed by atoms with Crippen LogP contribution >= 0.6 is 43.5 Å². The van der Waals surface area contributed by atoms with E-state index < -0.39 is 5.91 Å². The van der Waals surface area contributed by atoms with Crippen LogP contribution in [0.2, 0.25) is 5.02 Å². The van der Waals surface area contributed by atoms with E-state index in [1.165, 1.54) is 6.21 Å². The van der Waals surface area contributed by atoms with Crippen molar-refractivity contribution in [3.63, 3.8) is 0 Å². The summed E-state index contributed by atoms with van der Waals surface area (Å²) < 4.78 is 13.5. The molecule has 5 nitrogen and oxygen atoms in total. The lowest BCUT2D eigenvalue weighted by Crippen LogP contribution is -2.18. The summed E-state index contributed by atoms with van der Waals surface area (Å²) in [7, 11) is 0. The molecule has 1 amide bonds. The van der Waals surface area contributed by atoms with E-state index in [1.54, 1.807) is 30.3 Å². The van der Waals surface area contributed by atoms with Gasteiger partial charge < -0.3 is 9.47 Å². The second-order valence-corrected chi connectivity index (χ2v) is 8.52. The van der Waals surface area contributed by atoms with Gasteiger partial charge in [0, 0.05) is 14.5 Å². The normalized spacial score (nSPS) is 10.8. The van der Waals surface area contributed by atoms with Crippen LogP contribution in [-0.4, -0.2) is 18.7 Å². The lowest BCUT2D eigenvalue weighted by atomic mass is 10.2. The number of hydrazone groups is 1. The second-order valence-electron chi connectivity index (χ2n) is 6.35. The predicted molar refractivity (Wildman–Crippen MR) is 130 cm³/mol. The number of hydrogen-bond donors (Lipinski definition) is 1. The Morgan fingerprint density at radius 2 is 1.77 bits per heavy atom. The van der Waals surface area contributed by atoms with Gasteiger partial charge in [-0.2, -0.15) is 5.10 Å². The van der Waals surface area contributed by atoms with Crippen LogP contribution in [0.3, 0.4) is 0 Å². The Kier molecular flexibility index (Phi) is 8.51. The highest BCUT2D eigenvalue weighted by molar-refractivity contribution is 9.10. The zero-order valence-electron chi connectivity index (χ0n) is 16.6. The van der Waals surface area contributed by atoms with Gasteiger partial charge in [0.2, 0.25) is 0 Å². The maximum atomic E-state index is 12.2. The molecule has 3 rings (SSSR count). The van der Waals surface area contributed by atoms with Crippen LogP contribution in [0.25, 0.3) is 0 Å². The fourth-order valence-corrected chi connectivity index (χ4v) is 3.55. The van der Waals surface area contributed by atoms with Gasteiger partial charge in [-0.1, -0.05) is 51.8 Å². The van der Waals surface area contributed by atoms with Crippen LogP contribution in [-0.2, 0) is 6.61 Å². The van der Waals surface area contributed by atoms with Gasteiger partial charge in [0.15, 0.2) is 11.5 Å². The molecule has 0 unspecified atom stereocenters. The Morgan fingerprint density at radius 1 is 1.06 bits per heavy atom. The van der Waals surface area contributed by atoms with E-state index in [0.717, 1.165) is 20.1 Å². The summed E-state index contributed by atoms with van der Waals surface area (Å²) in [5, 5.41) is 4.40. The minimum Gasteiger partial charge on any atom is -0.490 e. The third-order valence-corrected chi connectivity index (χ3v) is 5.70. The van der Waals surface area contributed by atoms with Crippen molar-refractivity contribution in [2.24, 2.45) is 5.10 Å². The molecule has 0 atom stereocenters. The van der Waals surface area contributed by atoms with Crippen molar-refractivity contribution in [1.82, 2.24) is 5.43 Å². The van der Waals surface area contributed by atoms with Gasteiger partial charge in [0.1, 0.15) is 6.61 Å². The molecule has 31 heavy (non-hydrogen) atoms. The third-order valence-electron chi connectivity index (χ3n) is 4.16. The molecule has 3 aromatic rings. The highest BCUT2D eigenvalue weighted by Crippen LogP contribution is 2.34. The Balaban J connectivity index is 1.73. The number of amides is 1. The van der Waals surface area contributed by atoms with E-state index in [9.17, 15) is 4.79 Å². The molecule has 3 aromatic carbocycles. The molecule has 0 spiro atoms. The highest BCUT2D eigenvalue weighted by atomic mass is 79.9. The number of hydrogen-bond acceptors (Lipinski definition) is 4. The smallest absolute Gasteiger partial charge is 0.272 e. The summed E-state index contributed by atoms with van der Waals surface area (Å²) in [4.78, 5) is 12.2. The molecule has 160 valence electrons. The predicted octanol–water partition coefficient (Wildman–Crippen LogP) is 6.61. The van der Waals surface area contributed by atoms with Crippen molar-refractivity contribution in [1.29, 1.82) is 0 Å². The van der Waals surface area contributed by atoms with Crippen molar-refractivity contribution < 1.29 is 14.3 Å². The number of rotatable bonds is 8. The molecule has 0 fully saturated rings. The number of carbonyl (C=O) groups excluding carboxylic acids is 1. The largest absolute Gasteiger partial charge is 0.490 e. The Labute approximate surface area is 202 Å². The van der Waals surface area contributed by atoms with Crippen LogP contribution in [0.5, 0.6) is 11.5 Å². The summed E-state index contributed by atoms with van der Waals surface area (Å²) in [5.74, 6) is 0.799. The fourth-order valence-electron chi connectivity index (χ4n) is 2.64. The van der Waals surface area contributed by atoms with Gasteiger partial charge in [-0.25, -0.2) is 5.43 Å². The lowest BCUT2D eigenvalue weighted by molar-refractivity contribution is 0.0955. The summed E-state index contributed by atoms with van der Waals surface area (Å²) in [6.45, 7) is 2.79. The van der Waals surface area contributed by atoms with Gasteiger partial charge in [0.05, 0.1) is 23.4 Å².